The number of hydrogen-bond acceptors (Lipinski definition) is 2. The summed E-state index contributed by atoms with van der Waals surface area (Å²) < 4.78 is 13.9. The van der Waals surface area contributed by atoms with Gasteiger partial charge in [-0.05, 0) is 49.7 Å². The van der Waals surface area contributed by atoms with Gasteiger partial charge in [0.25, 0.3) is 0 Å². The minimum absolute atomic E-state index is 0.174. The number of benzene rings is 2. The molecular weight excluding hydrogens is 245 g/mol. The van der Waals surface area contributed by atoms with Crippen molar-refractivity contribution in [2.75, 3.05) is 6.54 Å². The van der Waals surface area contributed by atoms with Crippen molar-refractivity contribution in [3.05, 3.63) is 59.4 Å². The van der Waals surface area contributed by atoms with Gasteiger partial charge in [-0.1, -0.05) is 35.5 Å². The van der Waals surface area contributed by atoms with Crippen molar-refractivity contribution in [3.8, 4) is 0 Å². The number of aryl methyl sites for hydroxylation is 1. The molecule has 3 heteroatoms. The maximum absolute atomic E-state index is 13.9. The van der Waals surface area contributed by atoms with Crippen LogP contribution in [0.15, 0.2) is 52.3 Å². The third-order valence-electron chi connectivity index (χ3n) is 2.65. The van der Waals surface area contributed by atoms with E-state index < -0.39 is 0 Å². The Bertz CT molecular complexity index is 540. The predicted molar refractivity (Wildman–Crippen MR) is 74.5 cm³/mol. The minimum atomic E-state index is -0.174. The van der Waals surface area contributed by atoms with Crippen LogP contribution in [-0.2, 0) is 6.42 Å². The van der Waals surface area contributed by atoms with Crippen LogP contribution in [0.5, 0.6) is 0 Å². The van der Waals surface area contributed by atoms with Gasteiger partial charge in [0.05, 0.1) is 0 Å². The Morgan fingerprint density at radius 2 is 2.00 bits per heavy atom. The lowest BCUT2D eigenvalue weighted by Gasteiger charge is -2.06. The van der Waals surface area contributed by atoms with E-state index in [1.165, 1.54) is 17.3 Å². The molecule has 0 fully saturated rings. The first-order chi connectivity index (χ1) is 8.69. The number of hydrogen-bond donors (Lipinski definition) is 1. The second kappa shape index (κ2) is 6.03. The molecule has 2 rings (SSSR count). The fourth-order valence-corrected chi connectivity index (χ4v) is 2.69. The van der Waals surface area contributed by atoms with Crippen molar-refractivity contribution in [3.63, 3.8) is 0 Å². The van der Waals surface area contributed by atoms with Crippen molar-refractivity contribution in [1.82, 2.24) is 0 Å². The van der Waals surface area contributed by atoms with Crippen LogP contribution in [0.3, 0.4) is 0 Å². The number of rotatable bonds is 4. The fraction of sp³-hybridized carbons (Fsp3) is 0.200. The maximum atomic E-state index is 13.9. The molecule has 2 N–H and O–H groups in total. The molecule has 0 bridgehead atoms. The Labute approximate surface area is 111 Å². The molecule has 0 aliphatic heterocycles. The van der Waals surface area contributed by atoms with Crippen LogP contribution in [0.2, 0.25) is 0 Å². The maximum Gasteiger partial charge on any atom is 0.137 e. The van der Waals surface area contributed by atoms with Gasteiger partial charge in [-0.25, -0.2) is 4.39 Å². The summed E-state index contributed by atoms with van der Waals surface area (Å²) in [7, 11) is 0. The number of halogens is 1. The van der Waals surface area contributed by atoms with Gasteiger partial charge in [0.1, 0.15) is 5.82 Å². The van der Waals surface area contributed by atoms with E-state index >= 15 is 0 Å². The van der Waals surface area contributed by atoms with E-state index in [1.807, 2.05) is 37.3 Å². The normalized spacial score (nSPS) is 10.6. The van der Waals surface area contributed by atoms with Gasteiger partial charge in [-0.15, -0.1) is 0 Å². The average molecular weight is 261 g/mol. The zero-order chi connectivity index (χ0) is 13.0. The van der Waals surface area contributed by atoms with Crippen molar-refractivity contribution in [1.29, 1.82) is 0 Å². The second-order valence-corrected chi connectivity index (χ2v) is 5.34. The quantitative estimate of drug-likeness (QED) is 0.906. The van der Waals surface area contributed by atoms with Gasteiger partial charge >= 0.3 is 0 Å². The fourth-order valence-electron chi connectivity index (χ4n) is 1.76. The number of nitrogens with two attached hydrogens (primary N) is 1. The molecule has 94 valence electrons. The predicted octanol–water partition coefficient (Wildman–Crippen LogP) is 3.79. The standard InChI is InChI=1S/C15H16FNS/c1-11-3-2-4-13(9-11)18-15-6-5-12(7-8-17)10-14(15)16/h2-6,9-10H,7-8,17H2,1H3. The van der Waals surface area contributed by atoms with E-state index in [0.29, 0.717) is 17.9 Å². The summed E-state index contributed by atoms with van der Waals surface area (Å²) in [6, 6.07) is 13.4. The monoisotopic (exact) mass is 261 g/mol. The van der Waals surface area contributed by atoms with Crippen LogP contribution in [0.1, 0.15) is 11.1 Å². The smallest absolute Gasteiger partial charge is 0.137 e. The average Bonchev–Trinajstić information content (AvgIpc) is 2.33. The van der Waals surface area contributed by atoms with E-state index in [1.54, 1.807) is 6.07 Å². The summed E-state index contributed by atoms with van der Waals surface area (Å²) in [4.78, 5) is 1.71. The van der Waals surface area contributed by atoms with Gasteiger partial charge in [-0.2, -0.15) is 0 Å². The van der Waals surface area contributed by atoms with Crippen LogP contribution < -0.4 is 5.73 Å². The minimum Gasteiger partial charge on any atom is -0.330 e. The Morgan fingerprint density at radius 3 is 2.67 bits per heavy atom. The van der Waals surface area contributed by atoms with Crippen LogP contribution in [0.25, 0.3) is 0 Å². The lowest BCUT2D eigenvalue weighted by molar-refractivity contribution is 0.599. The third-order valence-corrected chi connectivity index (χ3v) is 3.69. The van der Waals surface area contributed by atoms with Gasteiger partial charge in [0, 0.05) is 9.79 Å². The van der Waals surface area contributed by atoms with Gasteiger partial charge in [0.2, 0.25) is 0 Å². The summed E-state index contributed by atoms with van der Waals surface area (Å²) >= 11 is 1.45. The Morgan fingerprint density at radius 1 is 1.17 bits per heavy atom. The molecule has 0 unspecified atom stereocenters. The molecule has 18 heavy (non-hydrogen) atoms. The zero-order valence-electron chi connectivity index (χ0n) is 10.3. The van der Waals surface area contributed by atoms with Gasteiger partial charge < -0.3 is 5.73 Å². The topological polar surface area (TPSA) is 26.0 Å². The highest BCUT2D eigenvalue weighted by Crippen LogP contribution is 2.30. The summed E-state index contributed by atoms with van der Waals surface area (Å²) in [6.07, 6.45) is 0.715. The van der Waals surface area contributed by atoms with E-state index in [9.17, 15) is 4.39 Å². The van der Waals surface area contributed by atoms with E-state index in [4.69, 9.17) is 5.73 Å². The lowest BCUT2D eigenvalue weighted by Crippen LogP contribution is -2.02. The van der Waals surface area contributed by atoms with Crippen molar-refractivity contribution < 1.29 is 4.39 Å². The SMILES string of the molecule is Cc1cccc(Sc2ccc(CCN)cc2F)c1. The molecule has 0 aromatic heterocycles. The van der Waals surface area contributed by atoms with E-state index in [0.717, 1.165) is 10.5 Å². The first-order valence-electron chi connectivity index (χ1n) is 5.92. The second-order valence-electron chi connectivity index (χ2n) is 4.22. The summed E-state index contributed by atoms with van der Waals surface area (Å²) in [5.74, 6) is -0.174. The summed E-state index contributed by atoms with van der Waals surface area (Å²) in [5, 5.41) is 0. The molecule has 0 aliphatic carbocycles. The first kappa shape index (κ1) is 13.1. The molecule has 0 saturated heterocycles. The van der Waals surface area contributed by atoms with Crippen LogP contribution >= 0.6 is 11.8 Å². The largest absolute Gasteiger partial charge is 0.330 e. The van der Waals surface area contributed by atoms with Crippen molar-refractivity contribution in [2.24, 2.45) is 5.73 Å². The summed E-state index contributed by atoms with van der Waals surface area (Å²) in [6.45, 7) is 2.58. The molecular formula is C15H16FNS. The van der Waals surface area contributed by atoms with Crippen molar-refractivity contribution in [2.45, 2.75) is 23.1 Å². The molecule has 1 nitrogen and oxygen atoms in total. The van der Waals surface area contributed by atoms with Gasteiger partial charge in [-0.3, -0.25) is 0 Å². The van der Waals surface area contributed by atoms with E-state index in [-0.39, 0.29) is 5.82 Å². The van der Waals surface area contributed by atoms with Crippen molar-refractivity contribution >= 4 is 11.8 Å². The Balaban J connectivity index is 2.19. The van der Waals surface area contributed by atoms with Crippen LogP contribution in [-0.4, -0.2) is 6.54 Å². The highest BCUT2D eigenvalue weighted by molar-refractivity contribution is 7.99. The lowest BCUT2D eigenvalue weighted by atomic mass is 10.1. The highest BCUT2D eigenvalue weighted by Gasteiger charge is 2.05. The summed E-state index contributed by atoms with van der Waals surface area (Å²) in [5.41, 5.74) is 7.59. The molecule has 2 aromatic carbocycles. The molecule has 0 spiro atoms. The van der Waals surface area contributed by atoms with E-state index in [2.05, 4.69) is 6.07 Å². The molecule has 0 saturated carbocycles. The van der Waals surface area contributed by atoms with Crippen LogP contribution in [0, 0.1) is 12.7 Å². The third kappa shape index (κ3) is 3.34. The van der Waals surface area contributed by atoms with Crippen LogP contribution in [0.4, 0.5) is 4.39 Å². The molecule has 2 aromatic rings. The first-order valence-corrected chi connectivity index (χ1v) is 6.73. The highest BCUT2D eigenvalue weighted by atomic mass is 32.2. The molecule has 0 amide bonds. The molecule has 0 heterocycles. The zero-order valence-corrected chi connectivity index (χ0v) is 11.1. The Hall–Kier alpha value is -1.32. The molecule has 0 atom stereocenters. The Kier molecular flexibility index (Phi) is 4.39. The van der Waals surface area contributed by atoms with Gasteiger partial charge in [0.15, 0.2) is 0 Å². The molecule has 0 aliphatic rings. The molecule has 0 radical (unpaired) electrons.